The number of hydrogen-bond donors (Lipinski definition) is 0. The van der Waals surface area contributed by atoms with Crippen LogP contribution in [0.15, 0.2) is 114 Å². The normalized spacial score (nSPS) is 13.4. The van der Waals surface area contributed by atoms with Crippen molar-refractivity contribution in [3.8, 4) is 34.2 Å². The van der Waals surface area contributed by atoms with Gasteiger partial charge >= 0.3 is 0 Å². The molecule has 0 fully saturated rings. The van der Waals surface area contributed by atoms with Crippen molar-refractivity contribution in [3.63, 3.8) is 0 Å². The minimum atomic E-state index is -0.465. The van der Waals surface area contributed by atoms with E-state index in [-0.39, 0.29) is 23.5 Å². The van der Waals surface area contributed by atoms with E-state index >= 15 is 0 Å². The molecule has 0 N–H and O–H groups in total. The Hall–Kier alpha value is -3.93. The topological polar surface area (TPSA) is 38.7 Å². The quantitative estimate of drug-likeness (QED) is 0.221. The Balaban J connectivity index is 1.53. The molecule has 170 valence electrons. The van der Waals surface area contributed by atoms with Crippen LogP contribution in [0.1, 0.15) is 6.85 Å². The molecule has 5 aromatic carbocycles. The molecule has 0 saturated carbocycles. The van der Waals surface area contributed by atoms with Crippen molar-refractivity contribution in [3.05, 3.63) is 114 Å². The summed E-state index contributed by atoms with van der Waals surface area (Å²) in [5.41, 5.74) is 1.41. The van der Waals surface area contributed by atoms with E-state index in [4.69, 9.17) is 21.8 Å². The first kappa shape index (κ1) is 16.7. The van der Waals surface area contributed by atoms with Gasteiger partial charge in [0, 0.05) is 41.3 Å². The van der Waals surface area contributed by atoms with Crippen LogP contribution in [0.4, 0.5) is 0 Å². The fourth-order valence-corrected chi connectivity index (χ4v) is 6.04. The van der Waals surface area contributed by atoms with Gasteiger partial charge in [0.25, 0.3) is 0 Å². The SMILES string of the molecule is [2H]c1c([2H])c([2H])c(-c2nc(-c3ccc4c(c3)sc3ccccc34)nc(-c3ccc(Br)c4ccccc34)n2)c([2H])c1[2H]. The lowest BCUT2D eigenvalue weighted by Gasteiger charge is -2.11. The molecule has 0 amide bonds. The Morgan fingerprint density at radius 3 is 2.08 bits per heavy atom. The molecule has 0 spiro atoms. The van der Waals surface area contributed by atoms with E-state index in [2.05, 4.69) is 28.1 Å². The predicted molar refractivity (Wildman–Crippen MR) is 154 cm³/mol. The van der Waals surface area contributed by atoms with Crippen molar-refractivity contribution in [1.29, 1.82) is 0 Å². The van der Waals surface area contributed by atoms with Gasteiger partial charge in [-0.05, 0) is 35.0 Å². The number of thiophene rings is 1. The fourth-order valence-electron chi connectivity index (χ4n) is 4.42. The van der Waals surface area contributed by atoms with E-state index in [0.29, 0.717) is 11.6 Å². The summed E-state index contributed by atoms with van der Waals surface area (Å²) >= 11 is 5.30. The summed E-state index contributed by atoms with van der Waals surface area (Å²) in [6.45, 7) is 0. The zero-order chi connectivity index (χ0) is 28.4. The third-order valence-corrected chi connectivity index (χ3v) is 7.93. The maximum atomic E-state index is 8.57. The van der Waals surface area contributed by atoms with E-state index in [1.54, 1.807) is 11.3 Å². The average molecular weight is 550 g/mol. The zero-order valence-corrected chi connectivity index (χ0v) is 21.0. The van der Waals surface area contributed by atoms with E-state index in [1.165, 1.54) is 10.1 Å². The molecule has 2 aromatic heterocycles. The molecule has 3 nitrogen and oxygen atoms in total. The second kappa shape index (κ2) is 8.63. The average Bonchev–Trinajstić information content (AvgIpc) is 3.37. The summed E-state index contributed by atoms with van der Waals surface area (Å²) in [4.78, 5) is 14.3. The highest BCUT2D eigenvalue weighted by molar-refractivity contribution is 9.10. The summed E-state index contributed by atoms with van der Waals surface area (Å²) in [6.07, 6.45) is 0. The van der Waals surface area contributed by atoms with Gasteiger partial charge in [0.2, 0.25) is 0 Å². The van der Waals surface area contributed by atoms with Crippen LogP contribution >= 0.6 is 27.3 Å². The maximum absolute atomic E-state index is 8.57. The number of benzene rings is 5. The number of rotatable bonds is 3. The van der Waals surface area contributed by atoms with Gasteiger partial charge in [-0.3, -0.25) is 0 Å². The van der Waals surface area contributed by atoms with Gasteiger partial charge in [0.15, 0.2) is 17.5 Å². The van der Waals surface area contributed by atoms with Crippen LogP contribution in [-0.2, 0) is 0 Å². The molecule has 0 saturated heterocycles. The highest BCUT2D eigenvalue weighted by atomic mass is 79.9. The molecule has 0 bridgehead atoms. The number of hydrogen-bond acceptors (Lipinski definition) is 4. The predicted octanol–water partition coefficient (Wildman–Crippen LogP) is 9.16. The summed E-state index contributed by atoms with van der Waals surface area (Å²) in [5, 5.41) is 4.19. The lowest BCUT2D eigenvalue weighted by atomic mass is 10.0. The summed E-state index contributed by atoms with van der Waals surface area (Å²) in [7, 11) is 0. The smallest absolute Gasteiger partial charge is 0.164 e. The van der Waals surface area contributed by atoms with E-state index in [0.717, 1.165) is 36.5 Å². The first-order valence-corrected chi connectivity index (χ1v) is 12.9. The van der Waals surface area contributed by atoms with Crippen molar-refractivity contribution in [1.82, 2.24) is 15.0 Å². The first-order valence-electron chi connectivity index (χ1n) is 13.7. The van der Waals surface area contributed by atoms with Crippen molar-refractivity contribution < 1.29 is 6.85 Å². The van der Waals surface area contributed by atoms with E-state index < -0.39 is 18.1 Å². The fraction of sp³-hybridized carbons (Fsp3) is 0. The summed E-state index contributed by atoms with van der Waals surface area (Å²) < 4.78 is 44.8. The number of halogens is 1. The lowest BCUT2D eigenvalue weighted by Crippen LogP contribution is -2.00. The summed E-state index contributed by atoms with van der Waals surface area (Å²) in [6, 6.07) is 23.9. The van der Waals surface area contributed by atoms with Gasteiger partial charge in [-0.15, -0.1) is 11.3 Å². The van der Waals surface area contributed by atoms with Crippen molar-refractivity contribution in [2.45, 2.75) is 0 Å². The summed E-state index contributed by atoms with van der Waals surface area (Å²) in [5.74, 6) is 0.713. The Kier molecular flexibility index (Phi) is 4.00. The molecular weight excluding hydrogens is 526 g/mol. The molecule has 0 aliphatic rings. The highest BCUT2D eigenvalue weighted by Gasteiger charge is 2.16. The second-order valence-electron chi connectivity index (χ2n) is 8.26. The monoisotopic (exact) mass is 548 g/mol. The van der Waals surface area contributed by atoms with Crippen LogP contribution in [0.3, 0.4) is 0 Å². The van der Waals surface area contributed by atoms with Crippen LogP contribution < -0.4 is 0 Å². The highest BCUT2D eigenvalue weighted by Crippen LogP contribution is 2.37. The standard InChI is InChI=1S/C31H18BrN3S/c32-26-17-16-25(21-10-4-5-11-22(21)26)31-34-29(19-8-2-1-3-9-19)33-30(35-31)20-14-15-24-23-12-6-7-13-27(23)36-28(24)18-20/h1-18H/i1D,2D,3D,8D,9D. The Labute approximate surface area is 227 Å². The largest absolute Gasteiger partial charge is 0.208 e. The molecule has 5 heteroatoms. The molecule has 0 unspecified atom stereocenters. The second-order valence-corrected chi connectivity index (χ2v) is 10.2. The molecular formula is C31H18BrN3S. The molecule has 0 atom stereocenters. The Bertz CT molecular complexity index is 2170. The maximum Gasteiger partial charge on any atom is 0.164 e. The minimum Gasteiger partial charge on any atom is -0.208 e. The molecule has 36 heavy (non-hydrogen) atoms. The van der Waals surface area contributed by atoms with Gasteiger partial charge in [0.1, 0.15) is 0 Å². The van der Waals surface area contributed by atoms with Crippen molar-refractivity contribution >= 4 is 58.2 Å². The van der Waals surface area contributed by atoms with Crippen molar-refractivity contribution in [2.75, 3.05) is 0 Å². The van der Waals surface area contributed by atoms with Crippen LogP contribution in [0.2, 0.25) is 0 Å². The molecule has 0 radical (unpaired) electrons. The molecule has 7 aromatic rings. The Morgan fingerprint density at radius 2 is 1.25 bits per heavy atom. The van der Waals surface area contributed by atoms with Gasteiger partial charge in [-0.25, -0.2) is 15.0 Å². The minimum absolute atomic E-state index is 0.0189. The van der Waals surface area contributed by atoms with Crippen molar-refractivity contribution in [2.24, 2.45) is 0 Å². The van der Waals surface area contributed by atoms with Gasteiger partial charge in [0.05, 0.1) is 6.85 Å². The van der Waals surface area contributed by atoms with Gasteiger partial charge < -0.3 is 0 Å². The molecule has 7 rings (SSSR count). The number of aromatic nitrogens is 3. The van der Waals surface area contributed by atoms with E-state index in [9.17, 15) is 0 Å². The zero-order valence-electron chi connectivity index (χ0n) is 23.6. The third-order valence-electron chi connectivity index (χ3n) is 6.11. The number of fused-ring (bicyclic) bond motifs is 4. The molecule has 2 heterocycles. The Morgan fingerprint density at radius 1 is 0.583 bits per heavy atom. The lowest BCUT2D eigenvalue weighted by molar-refractivity contribution is 1.08. The van der Waals surface area contributed by atoms with E-state index in [1.807, 2.05) is 66.7 Å². The van der Waals surface area contributed by atoms with Crippen LogP contribution in [0, 0.1) is 0 Å². The van der Waals surface area contributed by atoms with Gasteiger partial charge in [-0.2, -0.15) is 0 Å². The van der Waals surface area contributed by atoms with Gasteiger partial charge in [-0.1, -0.05) is 101 Å². The third kappa shape index (κ3) is 3.60. The first-order chi connectivity index (χ1) is 19.8. The number of nitrogens with zero attached hydrogens (tertiary/aromatic N) is 3. The van der Waals surface area contributed by atoms with Crippen LogP contribution in [0.5, 0.6) is 0 Å². The van der Waals surface area contributed by atoms with Crippen LogP contribution in [-0.4, -0.2) is 15.0 Å². The molecule has 0 aliphatic carbocycles. The molecule has 0 aliphatic heterocycles. The van der Waals surface area contributed by atoms with Crippen LogP contribution in [0.25, 0.3) is 65.1 Å².